The molecule has 0 aliphatic carbocycles. The second-order valence-electron chi connectivity index (χ2n) is 8.56. The van der Waals surface area contributed by atoms with Crippen LogP contribution in [0.3, 0.4) is 0 Å². The summed E-state index contributed by atoms with van der Waals surface area (Å²) >= 11 is 0. The average molecular weight is 496 g/mol. The molecule has 0 atom stereocenters. The largest absolute Gasteiger partial charge is 0.492 e. The Hall–Kier alpha value is -3.82. The number of fused-ring (bicyclic) bond motifs is 4. The Bertz CT molecular complexity index is 1180. The minimum atomic E-state index is -0.508. The first-order valence-electron chi connectivity index (χ1n) is 12.5. The van der Waals surface area contributed by atoms with Gasteiger partial charge in [0.2, 0.25) is 0 Å². The lowest BCUT2D eigenvalue weighted by Crippen LogP contribution is -2.43. The maximum absolute atomic E-state index is 13.1. The van der Waals surface area contributed by atoms with Crippen LogP contribution >= 0.6 is 0 Å². The first kappa shape index (κ1) is 25.3. The van der Waals surface area contributed by atoms with Crippen LogP contribution < -0.4 is 9.64 Å². The summed E-state index contributed by atoms with van der Waals surface area (Å²) in [7, 11) is 0. The van der Waals surface area contributed by atoms with E-state index in [1.54, 1.807) is 27.9 Å². The van der Waals surface area contributed by atoms with Gasteiger partial charge in [-0.1, -0.05) is 38.8 Å². The molecule has 36 heavy (non-hydrogen) atoms. The van der Waals surface area contributed by atoms with E-state index >= 15 is 0 Å². The highest BCUT2D eigenvalue weighted by Crippen LogP contribution is 2.28. The fraction of sp³-hybridized carbons (Fsp3) is 0.462. The zero-order chi connectivity index (χ0) is 25.3. The predicted octanol–water partition coefficient (Wildman–Crippen LogP) is 4.77. The van der Waals surface area contributed by atoms with Crippen molar-refractivity contribution in [3.63, 3.8) is 0 Å². The molecule has 1 aromatic carbocycles. The number of nitrogens with zero attached hydrogens (tertiary/aromatic N) is 5. The van der Waals surface area contributed by atoms with Crippen molar-refractivity contribution in [3.05, 3.63) is 42.7 Å². The highest BCUT2D eigenvalue weighted by atomic mass is 16.6. The van der Waals surface area contributed by atoms with E-state index in [4.69, 9.17) is 19.2 Å². The topological polar surface area (TPSA) is 98.5 Å². The molecule has 2 amide bonds. The van der Waals surface area contributed by atoms with E-state index in [2.05, 4.69) is 5.10 Å². The Morgan fingerprint density at radius 1 is 1.00 bits per heavy atom. The molecule has 3 heterocycles. The van der Waals surface area contributed by atoms with Crippen molar-refractivity contribution >= 4 is 23.7 Å². The zero-order valence-electron chi connectivity index (χ0n) is 20.9. The van der Waals surface area contributed by atoms with Gasteiger partial charge in [0, 0.05) is 24.8 Å². The highest BCUT2D eigenvalue weighted by molar-refractivity contribution is 5.87. The molecule has 0 saturated heterocycles. The number of aromatic nitrogens is 3. The smallest absolute Gasteiger partial charge is 0.415 e. The monoisotopic (exact) mass is 495 g/mol. The Kier molecular flexibility index (Phi) is 8.59. The standard InChI is InChI=1S/C26H33N5O5/c1-3-5-15-35-25(32)29-12-13-30(26(33)36-16-6-4-2)23-10-11-31-24(28-23)22(19-27-31)20-8-7-9-21(18-20)34-17-14-29/h7-11,18-19H,3-6,12-17H2,1-2H3. The summed E-state index contributed by atoms with van der Waals surface area (Å²) in [5.74, 6) is 1.11. The summed E-state index contributed by atoms with van der Waals surface area (Å²) in [4.78, 5) is 33.7. The molecule has 1 aliphatic heterocycles. The molecule has 10 nitrogen and oxygen atoms in total. The molecule has 3 aromatic rings. The number of benzene rings is 1. The number of hydrogen-bond acceptors (Lipinski definition) is 7. The summed E-state index contributed by atoms with van der Waals surface area (Å²) in [6.07, 6.45) is 5.95. The second-order valence-corrected chi connectivity index (χ2v) is 8.56. The first-order valence-corrected chi connectivity index (χ1v) is 12.5. The molecule has 0 spiro atoms. The van der Waals surface area contributed by atoms with Gasteiger partial charge in [0.15, 0.2) is 5.65 Å². The second kappa shape index (κ2) is 12.2. The Morgan fingerprint density at radius 2 is 1.78 bits per heavy atom. The Labute approximate surface area is 210 Å². The van der Waals surface area contributed by atoms with Gasteiger partial charge in [0.1, 0.15) is 18.2 Å². The highest BCUT2D eigenvalue weighted by Gasteiger charge is 2.24. The van der Waals surface area contributed by atoms with Gasteiger partial charge < -0.3 is 19.1 Å². The number of amides is 2. The summed E-state index contributed by atoms with van der Waals surface area (Å²) in [6.45, 7) is 5.73. The molecule has 4 bridgehead atoms. The van der Waals surface area contributed by atoms with Gasteiger partial charge in [-0.2, -0.15) is 5.10 Å². The molecule has 1 aliphatic rings. The van der Waals surface area contributed by atoms with Crippen LogP contribution in [0.1, 0.15) is 39.5 Å². The van der Waals surface area contributed by atoms with E-state index in [0.717, 1.165) is 36.8 Å². The van der Waals surface area contributed by atoms with E-state index in [9.17, 15) is 9.59 Å². The minimum absolute atomic E-state index is 0.186. The third-order valence-corrected chi connectivity index (χ3v) is 5.92. The third kappa shape index (κ3) is 6.05. The van der Waals surface area contributed by atoms with Gasteiger partial charge in [0.05, 0.1) is 26.0 Å². The number of carbonyl (C=O) groups excluding carboxylic acids is 2. The minimum Gasteiger partial charge on any atom is -0.492 e. The Balaban J connectivity index is 1.69. The molecule has 4 rings (SSSR count). The number of anilines is 1. The molecular formula is C26H33N5O5. The first-order chi connectivity index (χ1) is 17.6. The lowest BCUT2D eigenvalue weighted by Gasteiger charge is -2.27. The van der Waals surface area contributed by atoms with Crippen molar-refractivity contribution in [2.75, 3.05) is 44.4 Å². The van der Waals surface area contributed by atoms with E-state index < -0.39 is 12.2 Å². The van der Waals surface area contributed by atoms with Crippen LogP contribution in [0.5, 0.6) is 5.75 Å². The molecule has 2 aromatic heterocycles. The van der Waals surface area contributed by atoms with Gasteiger partial charge in [-0.25, -0.2) is 19.1 Å². The number of ether oxygens (including phenoxy) is 3. The molecule has 192 valence electrons. The summed E-state index contributed by atoms with van der Waals surface area (Å²) in [5, 5.41) is 4.42. The number of hydrogen-bond donors (Lipinski definition) is 0. The Morgan fingerprint density at radius 3 is 2.56 bits per heavy atom. The van der Waals surface area contributed by atoms with Crippen molar-refractivity contribution in [1.82, 2.24) is 19.5 Å². The van der Waals surface area contributed by atoms with E-state index in [1.165, 1.54) is 4.90 Å². The van der Waals surface area contributed by atoms with E-state index in [0.29, 0.717) is 37.0 Å². The average Bonchev–Trinajstić information content (AvgIpc) is 3.31. The lowest BCUT2D eigenvalue weighted by atomic mass is 10.1. The van der Waals surface area contributed by atoms with Crippen LogP contribution in [0, 0.1) is 0 Å². The van der Waals surface area contributed by atoms with Crippen LogP contribution in [0.15, 0.2) is 42.7 Å². The SMILES string of the molecule is CCCCOC(=O)N1CCOc2cccc(c2)-c2cnn3ccc(nc23)N(C(=O)OCCCC)CC1. The van der Waals surface area contributed by atoms with Crippen molar-refractivity contribution in [1.29, 1.82) is 0 Å². The molecule has 0 saturated carbocycles. The van der Waals surface area contributed by atoms with Crippen molar-refractivity contribution < 1.29 is 23.8 Å². The van der Waals surface area contributed by atoms with Crippen LogP contribution in [0.4, 0.5) is 15.4 Å². The van der Waals surface area contributed by atoms with Gasteiger partial charge in [0.25, 0.3) is 0 Å². The normalized spacial score (nSPS) is 13.8. The van der Waals surface area contributed by atoms with Crippen molar-refractivity contribution in [2.24, 2.45) is 0 Å². The molecular weight excluding hydrogens is 462 g/mol. The van der Waals surface area contributed by atoms with E-state index in [-0.39, 0.29) is 19.7 Å². The maximum Gasteiger partial charge on any atom is 0.415 e. The molecule has 0 unspecified atom stereocenters. The van der Waals surface area contributed by atoms with Gasteiger partial charge in [-0.15, -0.1) is 0 Å². The molecule has 0 radical (unpaired) electrons. The number of carbonyl (C=O) groups is 2. The van der Waals surface area contributed by atoms with E-state index in [1.807, 2.05) is 38.1 Å². The van der Waals surface area contributed by atoms with Crippen LogP contribution in [0.2, 0.25) is 0 Å². The van der Waals surface area contributed by atoms with Crippen molar-refractivity contribution in [3.8, 4) is 16.9 Å². The number of rotatable bonds is 6. The molecule has 10 heteroatoms. The van der Waals surface area contributed by atoms with Crippen molar-refractivity contribution in [2.45, 2.75) is 39.5 Å². The maximum atomic E-state index is 13.1. The summed E-state index contributed by atoms with van der Waals surface area (Å²) in [6, 6.07) is 9.37. The van der Waals surface area contributed by atoms with Gasteiger partial charge >= 0.3 is 12.2 Å². The van der Waals surface area contributed by atoms with Crippen LogP contribution in [0.25, 0.3) is 16.8 Å². The predicted molar refractivity (Wildman–Crippen MR) is 135 cm³/mol. The fourth-order valence-electron chi connectivity index (χ4n) is 3.83. The fourth-order valence-corrected chi connectivity index (χ4v) is 3.83. The van der Waals surface area contributed by atoms with Gasteiger partial charge in [-0.3, -0.25) is 4.90 Å². The lowest BCUT2D eigenvalue weighted by molar-refractivity contribution is 0.0951. The number of unbranched alkanes of at least 4 members (excludes halogenated alkanes) is 2. The quantitative estimate of drug-likeness (QED) is 0.454. The zero-order valence-corrected chi connectivity index (χ0v) is 20.9. The molecule has 0 fully saturated rings. The summed E-state index contributed by atoms with van der Waals surface area (Å²) in [5.41, 5.74) is 2.31. The van der Waals surface area contributed by atoms with Crippen LogP contribution in [-0.2, 0) is 9.47 Å². The van der Waals surface area contributed by atoms with Gasteiger partial charge in [-0.05, 0) is 36.6 Å². The molecule has 0 N–H and O–H groups in total. The van der Waals surface area contributed by atoms with Crippen LogP contribution in [-0.4, -0.2) is 71.1 Å². The summed E-state index contributed by atoms with van der Waals surface area (Å²) < 4.78 is 18.6. The third-order valence-electron chi connectivity index (χ3n) is 5.92.